The molecular formula is C10H16N4O2S. The molecule has 0 aromatic carbocycles. The summed E-state index contributed by atoms with van der Waals surface area (Å²) in [6.07, 6.45) is 7.92. The quantitative estimate of drug-likeness (QED) is 0.687. The average molecular weight is 256 g/mol. The molecule has 1 aromatic rings. The van der Waals surface area contributed by atoms with Gasteiger partial charge in [-0.05, 0) is 7.05 Å². The predicted octanol–water partition coefficient (Wildman–Crippen LogP) is -0.644. The molecule has 94 valence electrons. The Morgan fingerprint density at radius 1 is 1.65 bits per heavy atom. The predicted molar refractivity (Wildman–Crippen MR) is 64.8 cm³/mol. The fourth-order valence-corrected chi connectivity index (χ4v) is 2.26. The normalized spacial score (nSPS) is 11.6. The third kappa shape index (κ3) is 3.30. The lowest BCUT2D eigenvalue weighted by molar-refractivity contribution is 0.502. The fraction of sp³-hybridized carbons (Fsp3) is 0.500. The molecule has 1 N–H and O–H groups in total. The summed E-state index contributed by atoms with van der Waals surface area (Å²) in [6.45, 7) is 1.39. The smallest absolute Gasteiger partial charge is 0.246 e. The molecule has 0 aliphatic rings. The van der Waals surface area contributed by atoms with Crippen molar-refractivity contribution in [2.75, 3.05) is 27.2 Å². The Hall–Kier alpha value is -1.36. The number of nitrogens with zero attached hydrogens (tertiary/aromatic N) is 3. The van der Waals surface area contributed by atoms with Gasteiger partial charge < -0.3 is 5.32 Å². The van der Waals surface area contributed by atoms with Crippen molar-refractivity contribution in [2.45, 2.75) is 11.4 Å². The third-order valence-electron chi connectivity index (χ3n) is 2.22. The molecule has 0 spiro atoms. The lowest BCUT2D eigenvalue weighted by Gasteiger charge is -2.11. The van der Waals surface area contributed by atoms with Crippen LogP contribution < -0.4 is 5.32 Å². The van der Waals surface area contributed by atoms with Crippen LogP contribution in [0.4, 0.5) is 0 Å². The Kier molecular flexibility index (Phi) is 4.69. The van der Waals surface area contributed by atoms with E-state index in [0.717, 1.165) is 10.8 Å². The fourth-order valence-electron chi connectivity index (χ4n) is 1.22. The summed E-state index contributed by atoms with van der Waals surface area (Å²) in [4.78, 5) is 0.159. The maximum absolute atomic E-state index is 12.0. The van der Waals surface area contributed by atoms with Gasteiger partial charge in [0, 0.05) is 19.8 Å². The number of hydrogen-bond donors (Lipinski definition) is 1. The zero-order chi connectivity index (χ0) is 12.9. The highest BCUT2D eigenvalue weighted by atomic mass is 32.2. The molecule has 0 atom stereocenters. The van der Waals surface area contributed by atoms with Gasteiger partial charge in [0.25, 0.3) is 0 Å². The van der Waals surface area contributed by atoms with Crippen molar-refractivity contribution in [3.63, 3.8) is 0 Å². The van der Waals surface area contributed by atoms with E-state index in [4.69, 9.17) is 6.42 Å². The molecule has 0 radical (unpaired) electrons. The van der Waals surface area contributed by atoms with Crippen LogP contribution in [0.2, 0.25) is 0 Å². The molecule has 0 aliphatic heterocycles. The molecule has 0 amide bonds. The lowest BCUT2D eigenvalue weighted by Crippen LogP contribution is -2.27. The number of terminal acetylenes is 1. The molecule has 1 aromatic heterocycles. The molecule has 0 fully saturated rings. The van der Waals surface area contributed by atoms with Gasteiger partial charge in [0.2, 0.25) is 10.0 Å². The Morgan fingerprint density at radius 2 is 2.35 bits per heavy atom. The van der Waals surface area contributed by atoms with Crippen molar-refractivity contribution in [3.8, 4) is 12.3 Å². The first-order chi connectivity index (χ1) is 8.02. The summed E-state index contributed by atoms with van der Waals surface area (Å²) in [6, 6.07) is 0. The van der Waals surface area contributed by atoms with Gasteiger partial charge in [-0.25, -0.2) is 8.42 Å². The van der Waals surface area contributed by atoms with E-state index in [1.807, 2.05) is 7.05 Å². The van der Waals surface area contributed by atoms with Crippen LogP contribution in [0.3, 0.4) is 0 Å². The Balaban J connectivity index is 2.86. The molecule has 1 heterocycles. The van der Waals surface area contributed by atoms with E-state index in [0.29, 0.717) is 6.54 Å². The lowest BCUT2D eigenvalue weighted by atomic mass is 10.6. The number of nitrogens with one attached hydrogen (secondary N) is 1. The van der Waals surface area contributed by atoms with Crippen LogP contribution in [0.25, 0.3) is 0 Å². The highest BCUT2D eigenvalue weighted by Gasteiger charge is 2.21. The monoisotopic (exact) mass is 256 g/mol. The molecule has 0 aliphatic carbocycles. The highest BCUT2D eigenvalue weighted by molar-refractivity contribution is 7.89. The number of likely N-dealkylation sites (N-methyl/N-ethyl adjacent to an activating group) is 1. The number of hydrogen-bond acceptors (Lipinski definition) is 4. The van der Waals surface area contributed by atoms with E-state index in [9.17, 15) is 8.42 Å². The van der Waals surface area contributed by atoms with E-state index in [-0.39, 0.29) is 11.4 Å². The third-order valence-corrected chi connectivity index (χ3v) is 3.98. The van der Waals surface area contributed by atoms with Crippen molar-refractivity contribution >= 4 is 10.0 Å². The molecule has 6 nitrogen and oxygen atoms in total. The van der Waals surface area contributed by atoms with Gasteiger partial charge in [-0.2, -0.15) is 9.40 Å². The minimum Gasteiger partial charge on any atom is -0.318 e. The molecule has 0 saturated carbocycles. The summed E-state index contributed by atoms with van der Waals surface area (Å²) in [5, 5.41) is 6.94. The van der Waals surface area contributed by atoms with Crippen LogP contribution in [0, 0.1) is 12.3 Å². The summed E-state index contributed by atoms with van der Waals surface area (Å²) in [5.41, 5.74) is 0. The van der Waals surface area contributed by atoms with Crippen LogP contribution in [-0.4, -0.2) is 49.7 Å². The van der Waals surface area contributed by atoms with Crippen molar-refractivity contribution in [1.29, 1.82) is 0 Å². The zero-order valence-corrected chi connectivity index (χ0v) is 10.7. The highest BCUT2D eigenvalue weighted by Crippen LogP contribution is 2.12. The topological polar surface area (TPSA) is 67.2 Å². The molecule has 0 unspecified atom stereocenters. The van der Waals surface area contributed by atoms with E-state index in [1.54, 1.807) is 4.68 Å². The standard InChI is InChI=1S/C10H16N4O2S/c1-4-6-13(3)17(15,16)10-8-12-14(9-10)7-5-11-2/h1,8-9,11H,5-7H2,2-3H3. The Bertz CT molecular complexity index is 501. The first kappa shape index (κ1) is 13.7. The van der Waals surface area contributed by atoms with Crippen LogP contribution in [-0.2, 0) is 16.6 Å². The van der Waals surface area contributed by atoms with E-state index < -0.39 is 10.0 Å². The molecular weight excluding hydrogens is 240 g/mol. The van der Waals surface area contributed by atoms with Gasteiger partial charge in [0.15, 0.2) is 0 Å². The van der Waals surface area contributed by atoms with Gasteiger partial charge in [0.05, 0.1) is 19.3 Å². The molecule has 0 bridgehead atoms. The van der Waals surface area contributed by atoms with Crippen molar-refractivity contribution in [2.24, 2.45) is 0 Å². The van der Waals surface area contributed by atoms with Gasteiger partial charge in [-0.15, -0.1) is 6.42 Å². The SMILES string of the molecule is C#CCN(C)S(=O)(=O)c1cnn(CCNC)c1. The van der Waals surface area contributed by atoms with Crippen LogP contribution in [0.5, 0.6) is 0 Å². The second-order valence-electron chi connectivity index (χ2n) is 3.51. The second-order valence-corrected chi connectivity index (χ2v) is 5.55. The van der Waals surface area contributed by atoms with Crippen molar-refractivity contribution in [1.82, 2.24) is 19.4 Å². The summed E-state index contributed by atoms with van der Waals surface area (Å²) in [5.74, 6) is 2.29. The maximum atomic E-state index is 12.0. The van der Waals surface area contributed by atoms with E-state index in [2.05, 4.69) is 16.3 Å². The number of aromatic nitrogens is 2. The second kappa shape index (κ2) is 5.82. The summed E-state index contributed by atoms with van der Waals surface area (Å²) in [7, 11) is -0.252. The van der Waals surface area contributed by atoms with E-state index >= 15 is 0 Å². The van der Waals surface area contributed by atoms with Gasteiger partial charge in [0.1, 0.15) is 4.90 Å². The Morgan fingerprint density at radius 3 is 2.94 bits per heavy atom. The number of sulfonamides is 1. The van der Waals surface area contributed by atoms with Crippen LogP contribution >= 0.6 is 0 Å². The van der Waals surface area contributed by atoms with Gasteiger partial charge >= 0.3 is 0 Å². The molecule has 1 rings (SSSR count). The first-order valence-corrected chi connectivity index (χ1v) is 6.53. The van der Waals surface area contributed by atoms with Crippen LogP contribution in [0.15, 0.2) is 17.3 Å². The van der Waals surface area contributed by atoms with Crippen LogP contribution in [0.1, 0.15) is 0 Å². The molecule has 17 heavy (non-hydrogen) atoms. The first-order valence-electron chi connectivity index (χ1n) is 5.09. The Labute approximate surface area is 102 Å². The van der Waals surface area contributed by atoms with E-state index in [1.165, 1.54) is 19.4 Å². The summed E-state index contributed by atoms with van der Waals surface area (Å²) < 4.78 is 26.6. The molecule has 0 saturated heterocycles. The minimum atomic E-state index is -3.52. The zero-order valence-electron chi connectivity index (χ0n) is 9.92. The minimum absolute atomic E-state index is 0.0457. The van der Waals surface area contributed by atoms with Crippen molar-refractivity contribution in [3.05, 3.63) is 12.4 Å². The summed E-state index contributed by atoms with van der Waals surface area (Å²) >= 11 is 0. The van der Waals surface area contributed by atoms with Gasteiger partial charge in [-0.1, -0.05) is 5.92 Å². The average Bonchev–Trinajstić information content (AvgIpc) is 2.75. The largest absolute Gasteiger partial charge is 0.318 e. The van der Waals surface area contributed by atoms with Crippen molar-refractivity contribution < 1.29 is 8.42 Å². The maximum Gasteiger partial charge on any atom is 0.246 e. The van der Waals surface area contributed by atoms with Gasteiger partial charge in [-0.3, -0.25) is 4.68 Å². The number of rotatable bonds is 6. The molecule has 7 heteroatoms.